The Morgan fingerprint density at radius 3 is 2.48 bits per heavy atom. The summed E-state index contributed by atoms with van der Waals surface area (Å²) in [6, 6.07) is 14.8. The first-order valence-electron chi connectivity index (χ1n) is 9.69. The summed E-state index contributed by atoms with van der Waals surface area (Å²) in [5, 5.41) is 24.2. The van der Waals surface area contributed by atoms with E-state index >= 15 is 0 Å². The first-order valence-corrected chi connectivity index (χ1v) is 9.69. The SMILES string of the molecule is CC(C)(C)n1nnnc1C(c1ccccc1[N+](=O)[O-])N1CCc2ccccc2C1. The number of para-hydroxylation sites is 1. The molecule has 1 atom stereocenters. The molecule has 0 amide bonds. The Labute approximate surface area is 169 Å². The maximum atomic E-state index is 11.8. The molecule has 29 heavy (non-hydrogen) atoms. The Morgan fingerprint density at radius 1 is 1.07 bits per heavy atom. The Morgan fingerprint density at radius 2 is 1.76 bits per heavy atom. The second-order valence-corrected chi connectivity index (χ2v) is 8.33. The normalized spacial score (nSPS) is 15.7. The van der Waals surface area contributed by atoms with Crippen LogP contribution in [0.3, 0.4) is 0 Å². The zero-order chi connectivity index (χ0) is 20.6. The number of benzene rings is 2. The molecule has 1 aliphatic heterocycles. The molecule has 0 fully saturated rings. The van der Waals surface area contributed by atoms with E-state index in [1.165, 1.54) is 11.1 Å². The molecule has 4 rings (SSSR count). The number of nitro groups is 1. The molecule has 150 valence electrons. The van der Waals surface area contributed by atoms with Crippen molar-refractivity contribution in [3.63, 3.8) is 0 Å². The first kappa shape index (κ1) is 19.2. The van der Waals surface area contributed by atoms with Crippen LogP contribution >= 0.6 is 0 Å². The minimum absolute atomic E-state index is 0.0832. The highest BCUT2D eigenvalue weighted by Crippen LogP contribution is 2.37. The molecule has 8 heteroatoms. The number of hydrogen-bond acceptors (Lipinski definition) is 6. The van der Waals surface area contributed by atoms with Crippen LogP contribution in [0, 0.1) is 10.1 Å². The highest BCUT2D eigenvalue weighted by atomic mass is 16.6. The maximum absolute atomic E-state index is 11.8. The predicted octanol–water partition coefficient (Wildman–Crippen LogP) is 3.48. The van der Waals surface area contributed by atoms with E-state index in [0.29, 0.717) is 17.9 Å². The first-order chi connectivity index (χ1) is 13.9. The Balaban J connectivity index is 1.86. The fraction of sp³-hybridized carbons (Fsp3) is 0.381. The van der Waals surface area contributed by atoms with Crippen LogP contribution in [0.4, 0.5) is 5.69 Å². The number of fused-ring (bicyclic) bond motifs is 1. The zero-order valence-corrected chi connectivity index (χ0v) is 16.8. The summed E-state index contributed by atoms with van der Waals surface area (Å²) in [4.78, 5) is 13.7. The van der Waals surface area contributed by atoms with E-state index in [-0.39, 0.29) is 16.1 Å². The van der Waals surface area contributed by atoms with Gasteiger partial charge in [-0.1, -0.05) is 42.5 Å². The summed E-state index contributed by atoms with van der Waals surface area (Å²) < 4.78 is 1.77. The minimum Gasteiger partial charge on any atom is -0.285 e. The topological polar surface area (TPSA) is 90.0 Å². The molecule has 8 nitrogen and oxygen atoms in total. The largest absolute Gasteiger partial charge is 0.285 e. The van der Waals surface area contributed by atoms with Crippen LogP contribution in [-0.2, 0) is 18.5 Å². The zero-order valence-electron chi connectivity index (χ0n) is 16.8. The molecule has 1 unspecified atom stereocenters. The van der Waals surface area contributed by atoms with Crippen molar-refractivity contribution in [2.75, 3.05) is 6.54 Å². The second-order valence-electron chi connectivity index (χ2n) is 8.33. The Bertz CT molecular complexity index is 1040. The second kappa shape index (κ2) is 7.36. The summed E-state index contributed by atoms with van der Waals surface area (Å²) in [7, 11) is 0. The monoisotopic (exact) mass is 392 g/mol. The van der Waals surface area contributed by atoms with Crippen molar-refractivity contribution in [2.45, 2.75) is 45.3 Å². The molecule has 1 aliphatic rings. The average Bonchev–Trinajstić information content (AvgIpc) is 3.18. The van der Waals surface area contributed by atoms with E-state index in [9.17, 15) is 10.1 Å². The van der Waals surface area contributed by atoms with Gasteiger partial charge in [0.1, 0.15) is 6.04 Å². The molecule has 0 radical (unpaired) electrons. The lowest BCUT2D eigenvalue weighted by Gasteiger charge is -2.36. The van der Waals surface area contributed by atoms with Gasteiger partial charge in [-0.25, -0.2) is 4.68 Å². The van der Waals surface area contributed by atoms with Crippen LogP contribution < -0.4 is 0 Å². The third kappa shape index (κ3) is 3.63. The molecule has 2 heterocycles. The third-order valence-electron chi connectivity index (χ3n) is 5.33. The lowest BCUT2D eigenvalue weighted by molar-refractivity contribution is -0.385. The van der Waals surface area contributed by atoms with Crippen molar-refractivity contribution < 1.29 is 4.92 Å². The van der Waals surface area contributed by atoms with Crippen LogP contribution in [0.25, 0.3) is 0 Å². The molecule has 0 spiro atoms. The molecule has 3 aromatic rings. The van der Waals surface area contributed by atoms with Crippen LogP contribution in [0.15, 0.2) is 48.5 Å². The summed E-state index contributed by atoms with van der Waals surface area (Å²) in [5.74, 6) is 0.617. The van der Waals surface area contributed by atoms with E-state index in [1.54, 1.807) is 16.8 Å². The van der Waals surface area contributed by atoms with E-state index in [0.717, 1.165) is 13.0 Å². The third-order valence-corrected chi connectivity index (χ3v) is 5.33. The Hall–Kier alpha value is -3.13. The van der Waals surface area contributed by atoms with Gasteiger partial charge in [-0.2, -0.15) is 0 Å². The van der Waals surface area contributed by atoms with Crippen LogP contribution in [-0.4, -0.2) is 36.6 Å². The lowest BCUT2D eigenvalue weighted by atomic mass is 9.95. The Kier molecular flexibility index (Phi) is 4.87. The summed E-state index contributed by atoms with van der Waals surface area (Å²) in [5.41, 5.74) is 2.89. The number of nitrogens with zero attached hydrogens (tertiary/aromatic N) is 6. The minimum atomic E-state index is -0.417. The van der Waals surface area contributed by atoms with Gasteiger partial charge in [0, 0.05) is 19.2 Å². The fourth-order valence-electron chi connectivity index (χ4n) is 3.96. The molecule has 2 aromatic carbocycles. The van der Waals surface area contributed by atoms with E-state index in [4.69, 9.17) is 0 Å². The van der Waals surface area contributed by atoms with Gasteiger partial charge < -0.3 is 0 Å². The van der Waals surface area contributed by atoms with Crippen LogP contribution in [0.1, 0.15) is 49.3 Å². The van der Waals surface area contributed by atoms with Crippen molar-refractivity contribution in [3.8, 4) is 0 Å². The van der Waals surface area contributed by atoms with Crippen LogP contribution in [0.2, 0.25) is 0 Å². The fourth-order valence-corrected chi connectivity index (χ4v) is 3.96. The standard InChI is InChI=1S/C21H24N6O2/c1-21(2,3)26-20(22-23-24-26)19(17-10-6-7-11-18(17)27(28)29)25-13-12-15-8-4-5-9-16(15)14-25/h4-11,19H,12-14H2,1-3H3. The van der Waals surface area contributed by atoms with Gasteiger partial charge in [0.25, 0.3) is 5.69 Å². The number of aromatic nitrogens is 4. The molecule has 0 aliphatic carbocycles. The summed E-state index contributed by atoms with van der Waals surface area (Å²) in [6.07, 6.45) is 0.879. The molecule has 1 aromatic heterocycles. The van der Waals surface area contributed by atoms with Crippen molar-refractivity contribution >= 4 is 5.69 Å². The molecule has 0 bridgehead atoms. The predicted molar refractivity (Wildman–Crippen MR) is 108 cm³/mol. The number of nitro benzene ring substituents is 1. The van der Waals surface area contributed by atoms with Gasteiger partial charge in [-0.15, -0.1) is 5.10 Å². The molecular weight excluding hydrogens is 368 g/mol. The van der Waals surface area contributed by atoms with E-state index < -0.39 is 6.04 Å². The van der Waals surface area contributed by atoms with Gasteiger partial charge in [0.05, 0.1) is 16.0 Å². The maximum Gasteiger partial charge on any atom is 0.274 e. The summed E-state index contributed by atoms with van der Waals surface area (Å²) >= 11 is 0. The van der Waals surface area contributed by atoms with E-state index in [2.05, 4.69) is 32.6 Å². The molecule has 0 saturated carbocycles. The summed E-state index contributed by atoms with van der Waals surface area (Å²) in [6.45, 7) is 7.52. The van der Waals surface area contributed by atoms with Gasteiger partial charge in [-0.3, -0.25) is 15.0 Å². The van der Waals surface area contributed by atoms with Crippen LogP contribution in [0.5, 0.6) is 0 Å². The highest BCUT2D eigenvalue weighted by Gasteiger charge is 2.36. The quantitative estimate of drug-likeness (QED) is 0.499. The lowest BCUT2D eigenvalue weighted by Crippen LogP contribution is -2.38. The van der Waals surface area contributed by atoms with Gasteiger partial charge >= 0.3 is 0 Å². The number of rotatable bonds is 4. The van der Waals surface area contributed by atoms with E-state index in [1.807, 2.05) is 45.0 Å². The van der Waals surface area contributed by atoms with Gasteiger partial charge in [0.15, 0.2) is 5.82 Å². The molecule has 0 N–H and O–H groups in total. The number of tetrazole rings is 1. The molecular formula is C21H24N6O2. The molecule has 0 saturated heterocycles. The van der Waals surface area contributed by atoms with Crippen molar-refractivity contribution in [1.29, 1.82) is 0 Å². The number of hydrogen-bond donors (Lipinski definition) is 0. The van der Waals surface area contributed by atoms with Crippen molar-refractivity contribution in [3.05, 3.63) is 81.2 Å². The van der Waals surface area contributed by atoms with Crippen molar-refractivity contribution in [1.82, 2.24) is 25.1 Å². The van der Waals surface area contributed by atoms with Gasteiger partial charge in [-0.05, 0) is 48.7 Å². The average molecular weight is 392 g/mol. The highest BCUT2D eigenvalue weighted by molar-refractivity contribution is 5.45. The smallest absolute Gasteiger partial charge is 0.274 e. The van der Waals surface area contributed by atoms with Crippen molar-refractivity contribution in [2.24, 2.45) is 0 Å². The van der Waals surface area contributed by atoms with Gasteiger partial charge in [0.2, 0.25) is 0 Å².